The van der Waals surface area contributed by atoms with Gasteiger partial charge in [-0.15, -0.1) is 0 Å². The average Bonchev–Trinajstić information content (AvgIpc) is 2.66. The van der Waals surface area contributed by atoms with E-state index in [-0.39, 0.29) is 0 Å². The number of nitrogens with zero attached hydrogens (tertiary/aromatic N) is 3. The topological polar surface area (TPSA) is 53.6 Å². The van der Waals surface area contributed by atoms with Gasteiger partial charge in [0.05, 0.1) is 5.69 Å². The summed E-state index contributed by atoms with van der Waals surface area (Å²) in [6.07, 6.45) is 1.68. The molecule has 5 heteroatoms. The number of rotatable bonds is 3. The summed E-state index contributed by atoms with van der Waals surface area (Å²) >= 11 is 6.07. The van der Waals surface area contributed by atoms with Crippen molar-refractivity contribution in [1.82, 2.24) is 9.55 Å². The number of anilines is 1. The van der Waals surface area contributed by atoms with E-state index in [1.54, 1.807) is 6.20 Å². The number of halogens is 1. The molecule has 2 aromatic heterocycles. The van der Waals surface area contributed by atoms with Crippen LogP contribution in [0, 0.1) is 25.2 Å². The molecule has 4 nitrogen and oxygen atoms in total. The fraction of sp³-hybridized carbons (Fsp3) is 0.286. The maximum Gasteiger partial charge on any atom is 0.152 e. The number of aryl methyl sites for hydroxylation is 1. The van der Waals surface area contributed by atoms with E-state index in [2.05, 4.69) is 16.4 Å². The minimum absolute atomic E-state index is 0.467. The molecule has 2 rings (SSSR count). The van der Waals surface area contributed by atoms with Gasteiger partial charge in [0.15, 0.2) is 5.15 Å². The Hall–Kier alpha value is -1.99. The van der Waals surface area contributed by atoms with Crippen LogP contribution < -0.4 is 5.32 Å². The van der Waals surface area contributed by atoms with E-state index >= 15 is 0 Å². The van der Waals surface area contributed by atoms with E-state index in [0.29, 0.717) is 17.4 Å². The lowest BCUT2D eigenvalue weighted by atomic mass is 10.2. The third-order valence-electron chi connectivity index (χ3n) is 3.32. The summed E-state index contributed by atoms with van der Waals surface area (Å²) in [5, 5.41) is 12.8. The highest BCUT2D eigenvalue weighted by atomic mass is 35.5. The van der Waals surface area contributed by atoms with Crippen molar-refractivity contribution in [1.29, 1.82) is 5.26 Å². The third-order valence-corrected chi connectivity index (χ3v) is 3.61. The lowest BCUT2D eigenvalue weighted by Gasteiger charge is -2.10. The van der Waals surface area contributed by atoms with Gasteiger partial charge in [-0.2, -0.15) is 5.26 Å². The van der Waals surface area contributed by atoms with E-state index in [9.17, 15) is 0 Å². The van der Waals surface area contributed by atoms with E-state index in [0.717, 1.165) is 22.5 Å². The molecule has 0 saturated heterocycles. The summed E-state index contributed by atoms with van der Waals surface area (Å²) in [6.45, 7) is 4.59. The average molecular weight is 275 g/mol. The molecule has 0 amide bonds. The second-order valence-corrected chi connectivity index (χ2v) is 4.82. The number of hydrogen-bond donors (Lipinski definition) is 1. The molecule has 0 fully saturated rings. The summed E-state index contributed by atoms with van der Waals surface area (Å²) in [5.74, 6) is 0. The Morgan fingerprint density at radius 2 is 2.21 bits per heavy atom. The molecule has 0 bridgehead atoms. The summed E-state index contributed by atoms with van der Waals surface area (Å²) < 4.78 is 1.88. The van der Waals surface area contributed by atoms with Crippen LogP contribution in [0.1, 0.15) is 22.5 Å². The van der Waals surface area contributed by atoms with Gasteiger partial charge in [0.1, 0.15) is 11.8 Å². The molecule has 0 aliphatic carbocycles. The van der Waals surface area contributed by atoms with Crippen LogP contribution in [0.15, 0.2) is 18.3 Å². The predicted octanol–water partition coefficient (Wildman–Crippen LogP) is 3.17. The summed E-state index contributed by atoms with van der Waals surface area (Å²) in [6, 6.07) is 5.97. The van der Waals surface area contributed by atoms with Crippen molar-refractivity contribution in [3.8, 4) is 6.07 Å². The van der Waals surface area contributed by atoms with Crippen LogP contribution >= 0.6 is 11.6 Å². The molecule has 0 aliphatic heterocycles. The minimum Gasteiger partial charge on any atom is -0.378 e. The van der Waals surface area contributed by atoms with E-state index in [1.807, 2.05) is 37.6 Å². The molecule has 1 N–H and O–H groups in total. The number of hydrogen-bond acceptors (Lipinski definition) is 3. The van der Waals surface area contributed by atoms with Gasteiger partial charge in [-0.25, -0.2) is 4.98 Å². The van der Waals surface area contributed by atoms with Crippen molar-refractivity contribution >= 4 is 17.3 Å². The fourth-order valence-corrected chi connectivity index (χ4v) is 2.24. The molecule has 2 heterocycles. The van der Waals surface area contributed by atoms with Gasteiger partial charge < -0.3 is 9.88 Å². The van der Waals surface area contributed by atoms with Crippen LogP contribution in [0.25, 0.3) is 0 Å². The Morgan fingerprint density at radius 3 is 2.79 bits per heavy atom. The van der Waals surface area contributed by atoms with Gasteiger partial charge in [0.2, 0.25) is 0 Å². The van der Waals surface area contributed by atoms with E-state index in [4.69, 9.17) is 16.9 Å². The minimum atomic E-state index is 0.467. The third kappa shape index (κ3) is 2.56. The summed E-state index contributed by atoms with van der Waals surface area (Å²) in [7, 11) is 1.89. The molecule has 2 aromatic rings. The molecule has 0 atom stereocenters. The molecular weight excluding hydrogens is 260 g/mol. The van der Waals surface area contributed by atoms with Crippen molar-refractivity contribution in [2.24, 2.45) is 7.05 Å². The van der Waals surface area contributed by atoms with E-state index < -0.39 is 0 Å². The lowest BCUT2D eigenvalue weighted by molar-refractivity contribution is 0.856. The van der Waals surface area contributed by atoms with Crippen LogP contribution in [0.5, 0.6) is 0 Å². The first-order chi connectivity index (χ1) is 9.04. The zero-order valence-corrected chi connectivity index (χ0v) is 11.9. The standard InChI is InChI=1S/C14H15ClN4/c1-9-4-5-17-14(15)13(9)18-8-11-6-12(7-16)19(3)10(11)2/h4-6,18H,8H2,1-3H3. The first-order valence-corrected chi connectivity index (χ1v) is 6.32. The molecule has 0 saturated carbocycles. The van der Waals surface area contributed by atoms with Crippen molar-refractivity contribution in [3.05, 3.63) is 46.0 Å². The zero-order chi connectivity index (χ0) is 14.0. The smallest absolute Gasteiger partial charge is 0.152 e. The molecule has 0 aliphatic rings. The quantitative estimate of drug-likeness (QED) is 0.875. The highest BCUT2D eigenvalue weighted by Crippen LogP contribution is 2.24. The first kappa shape index (κ1) is 13.4. The number of aromatic nitrogens is 2. The van der Waals surface area contributed by atoms with Crippen LogP contribution in [0.2, 0.25) is 5.15 Å². The fourth-order valence-electron chi connectivity index (χ4n) is 1.97. The number of nitrogens with one attached hydrogen (secondary N) is 1. The molecule has 19 heavy (non-hydrogen) atoms. The second-order valence-electron chi connectivity index (χ2n) is 4.46. The zero-order valence-electron chi connectivity index (χ0n) is 11.2. The Bertz CT molecular complexity index is 632. The molecular formula is C14H15ClN4. The molecule has 0 unspecified atom stereocenters. The first-order valence-electron chi connectivity index (χ1n) is 5.95. The summed E-state index contributed by atoms with van der Waals surface area (Å²) in [5.41, 5.74) is 4.70. The lowest BCUT2D eigenvalue weighted by Crippen LogP contribution is -2.04. The van der Waals surface area contributed by atoms with Gasteiger partial charge in [-0.05, 0) is 37.1 Å². The van der Waals surface area contributed by atoms with Crippen LogP contribution in [0.3, 0.4) is 0 Å². The predicted molar refractivity (Wildman–Crippen MR) is 76.2 cm³/mol. The largest absolute Gasteiger partial charge is 0.378 e. The van der Waals surface area contributed by atoms with Gasteiger partial charge in [0, 0.05) is 25.5 Å². The van der Waals surface area contributed by atoms with E-state index in [1.165, 1.54) is 0 Å². The van der Waals surface area contributed by atoms with Crippen molar-refractivity contribution in [2.45, 2.75) is 20.4 Å². The number of nitriles is 1. The number of pyridine rings is 1. The van der Waals surface area contributed by atoms with Gasteiger partial charge in [-0.1, -0.05) is 11.6 Å². The highest BCUT2D eigenvalue weighted by molar-refractivity contribution is 6.32. The molecule has 0 aromatic carbocycles. The van der Waals surface area contributed by atoms with Gasteiger partial charge in [0.25, 0.3) is 0 Å². The van der Waals surface area contributed by atoms with Crippen molar-refractivity contribution in [2.75, 3.05) is 5.32 Å². The Kier molecular flexibility index (Phi) is 3.77. The monoisotopic (exact) mass is 274 g/mol. The normalized spacial score (nSPS) is 10.3. The summed E-state index contributed by atoms with van der Waals surface area (Å²) in [4.78, 5) is 4.06. The Morgan fingerprint density at radius 1 is 1.47 bits per heavy atom. The Balaban J connectivity index is 2.22. The molecule has 0 spiro atoms. The molecule has 0 radical (unpaired) electrons. The van der Waals surface area contributed by atoms with Crippen LogP contribution in [-0.4, -0.2) is 9.55 Å². The van der Waals surface area contributed by atoms with Gasteiger partial charge in [-0.3, -0.25) is 0 Å². The van der Waals surface area contributed by atoms with Crippen LogP contribution in [-0.2, 0) is 13.6 Å². The van der Waals surface area contributed by atoms with Crippen LogP contribution in [0.4, 0.5) is 5.69 Å². The van der Waals surface area contributed by atoms with Gasteiger partial charge >= 0.3 is 0 Å². The molecule has 98 valence electrons. The maximum atomic E-state index is 9.01. The maximum absolute atomic E-state index is 9.01. The highest BCUT2D eigenvalue weighted by Gasteiger charge is 2.10. The second kappa shape index (κ2) is 5.33. The Labute approximate surface area is 117 Å². The SMILES string of the molecule is Cc1ccnc(Cl)c1NCc1cc(C#N)n(C)c1C. The van der Waals surface area contributed by atoms with Crippen molar-refractivity contribution in [3.63, 3.8) is 0 Å². The van der Waals surface area contributed by atoms with Crippen molar-refractivity contribution < 1.29 is 0 Å².